The number of carbonyl (C=O) groups excluding carboxylic acids is 2. The van der Waals surface area contributed by atoms with Crippen molar-refractivity contribution in [2.45, 2.75) is 32.0 Å². The van der Waals surface area contributed by atoms with Crippen molar-refractivity contribution in [3.05, 3.63) is 130 Å². The van der Waals surface area contributed by atoms with Crippen LogP contribution in [0.3, 0.4) is 0 Å². The molecule has 0 saturated heterocycles. The Hall–Kier alpha value is -4.38. The van der Waals surface area contributed by atoms with Crippen LogP contribution in [0, 0.1) is 0 Å². The van der Waals surface area contributed by atoms with Crippen LogP contribution in [0.2, 0.25) is 5.02 Å². The quantitative estimate of drug-likeness (QED) is 0.177. The number of sulfonamides is 1. The molecule has 0 bridgehead atoms. The van der Waals surface area contributed by atoms with E-state index < -0.39 is 28.5 Å². The fourth-order valence-corrected chi connectivity index (χ4v) is 6.00. The second kappa shape index (κ2) is 17.0. The summed E-state index contributed by atoms with van der Waals surface area (Å²) >= 11 is 6.14. The Bertz CT molecular complexity index is 1720. The molecular formula is C36H40ClN3O6S. The minimum Gasteiger partial charge on any atom is -0.493 e. The summed E-state index contributed by atoms with van der Waals surface area (Å²) in [6.07, 6.45) is 1.81. The average Bonchev–Trinajstić information content (AvgIpc) is 3.07. The lowest BCUT2D eigenvalue weighted by Crippen LogP contribution is -2.53. The molecule has 0 fully saturated rings. The number of nitrogens with zero attached hydrogens (tertiary/aromatic N) is 2. The van der Waals surface area contributed by atoms with E-state index in [-0.39, 0.29) is 25.4 Å². The smallest absolute Gasteiger partial charge is 0.243 e. The molecule has 9 nitrogen and oxygen atoms in total. The maximum absolute atomic E-state index is 14.2. The van der Waals surface area contributed by atoms with Gasteiger partial charge in [-0.15, -0.1) is 0 Å². The number of hydrogen-bond acceptors (Lipinski definition) is 6. The zero-order valence-electron chi connectivity index (χ0n) is 26.8. The second-order valence-electron chi connectivity index (χ2n) is 11.1. The van der Waals surface area contributed by atoms with Crippen LogP contribution in [0.15, 0.2) is 103 Å². The summed E-state index contributed by atoms with van der Waals surface area (Å²) in [6.45, 7) is -0.0573. The molecule has 11 heteroatoms. The summed E-state index contributed by atoms with van der Waals surface area (Å²) in [5, 5.41) is 3.55. The third-order valence-corrected chi connectivity index (χ3v) is 9.13. The number of halogens is 1. The van der Waals surface area contributed by atoms with E-state index in [1.165, 1.54) is 4.90 Å². The van der Waals surface area contributed by atoms with Gasteiger partial charge in [-0.2, -0.15) is 4.31 Å². The molecule has 4 aromatic carbocycles. The normalized spacial score (nSPS) is 11.9. The van der Waals surface area contributed by atoms with E-state index in [0.29, 0.717) is 29.5 Å². The average molecular weight is 678 g/mol. The first-order valence-corrected chi connectivity index (χ1v) is 17.4. The van der Waals surface area contributed by atoms with Gasteiger partial charge in [0.1, 0.15) is 6.04 Å². The first-order valence-electron chi connectivity index (χ1n) is 15.1. The molecule has 4 rings (SSSR count). The van der Waals surface area contributed by atoms with E-state index in [1.54, 1.807) is 50.6 Å². The molecule has 0 aliphatic rings. The molecule has 1 atom stereocenters. The molecule has 0 saturated carbocycles. The highest BCUT2D eigenvalue weighted by Crippen LogP contribution is 2.27. The molecule has 0 aromatic heterocycles. The molecule has 47 heavy (non-hydrogen) atoms. The Morgan fingerprint density at radius 3 is 1.94 bits per heavy atom. The van der Waals surface area contributed by atoms with Crippen LogP contribution in [0.4, 0.5) is 0 Å². The van der Waals surface area contributed by atoms with Crippen LogP contribution in [-0.4, -0.2) is 69.0 Å². The number of carbonyl (C=O) groups is 2. The van der Waals surface area contributed by atoms with Gasteiger partial charge < -0.3 is 19.7 Å². The lowest BCUT2D eigenvalue weighted by atomic mass is 10.0. The predicted octanol–water partition coefficient (Wildman–Crippen LogP) is 5.12. The highest BCUT2D eigenvalue weighted by atomic mass is 35.5. The Morgan fingerprint density at radius 2 is 1.34 bits per heavy atom. The minimum absolute atomic E-state index is 0.0150. The van der Waals surface area contributed by atoms with Crippen molar-refractivity contribution in [3.8, 4) is 11.5 Å². The van der Waals surface area contributed by atoms with Gasteiger partial charge >= 0.3 is 0 Å². The molecule has 1 N–H and O–H groups in total. The molecule has 0 spiro atoms. The fraction of sp³-hybridized carbons (Fsp3) is 0.278. The Morgan fingerprint density at radius 1 is 0.766 bits per heavy atom. The van der Waals surface area contributed by atoms with Crippen LogP contribution in [-0.2, 0) is 45.5 Å². The summed E-state index contributed by atoms with van der Waals surface area (Å²) in [4.78, 5) is 29.7. The minimum atomic E-state index is -3.78. The Labute approximate surface area is 282 Å². The molecular weight excluding hydrogens is 638 g/mol. The highest BCUT2D eigenvalue weighted by molar-refractivity contribution is 7.88. The number of amides is 2. The second-order valence-corrected chi connectivity index (χ2v) is 13.5. The lowest BCUT2D eigenvalue weighted by molar-refractivity contribution is -0.141. The van der Waals surface area contributed by atoms with Crippen molar-refractivity contribution in [2.75, 3.05) is 33.6 Å². The molecule has 0 radical (unpaired) electrons. The number of ether oxygens (including phenoxy) is 2. The zero-order chi connectivity index (χ0) is 33.8. The summed E-state index contributed by atoms with van der Waals surface area (Å²) in [6, 6.07) is 30.1. The molecule has 4 aromatic rings. The summed E-state index contributed by atoms with van der Waals surface area (Å²) in [7, 11) is -0.650. The van der Waals surface area contributed by atoms with Gasteiger partial charge in [-0.1, -0.05) is 90.5 Å². The maximum Gasteiger partial charge on any atom is 0.243 e. The lowest BCUT2D eigenvalue weighted by Gasteiger charge is -2.33. The van der Waals surface area contributed by atoms with Gasteiger partial charge in [0, 0.05) is 31.1 Å². The van der Waals surface area contributed by atoms with Crippen molar-refractivity contribution >= 4 is 33.4 Å². The van der Waals surface area contributed by atoms with E-state index in [2.05, 4.69) is 5.32 Å². The summed E-state index contributed by atoms with van der Waals surface area (Å²) < 4.78 is 37.7. The first kappa shape index (κ1) is 35.5. The van der Waals surface area contributed by atoms with Gasteiger partial charge in [-0.3, -0.25) is 9.59 Å². The number of methoxy groups -OCH3 is 2. The molecule has 248 valence electrons. The number of rotatable bonds is 16. The molecule has 0 aliphatic heterocycles. The fourth-order valence-electron chi connectivity index (χ4n) is 5.14. The predicted molar refractivity (Wildman–Crippen MR) is 184 cm³/mol. The Balaban J connectivity index is 1.63. The Kier molecular flexibility index (Phi) is 12.8. The van der Waals surface area contributed by atoms with Gasteiger partial charge in [0.2, 0.25) is 21.8 Å². The zero-order valence-corrected chi connectivity index (χ0v) is 28.3. The third kappa shape index (κ3) is 10.6. The van der Waals surface area contributed by atoms with Crippen LogP contribution < -0.4 is 14.8 Å². The number of benzene rings is 4. The number of nitrogens with one attached hydrogen (secondary N) is 1. The summed E-state index contributed by atoms with van der Waals surface area (Å²) in [5.74, 6) is 0.335. The van der Waals surface area contributed by atoms with Crippen LogP contribution in [0.1, 0.15) is 22.3 Å². The third-order valence-electron chi connectivity index (χ3n) is 7.68. The topological polar surface area (TPSA) is 105 Å². The van der Waals surface area contributed by atoms with Crippen LogP contribution in [0.5, 0.6) is 11.5 Å². The largest absolute Gasteiger partial charge is 0.493 e. The SMILES string of the molecule is COc1ccc(CCNC(=O)[C@@H](Cc2ccccc2)N(Cc2ccc(Cl)cc2)C(=O)CN(Cc2ccccc2)S(C)(=O)=O)cc1OC. The summed E-state index contributed by atoms with van der Waals surface area (Å²) in [5.41, 5.74) is 3.27. The van der Waals surface area contributed by atoms with Gasteiger partial charge in [0.15, 0.2) is 11.5 Å². The highest BCUT2D eigenvalue weighted by Gasteiger charge is 2.33. The van der Waals surface area contributed by atoms with Gasteiger partial charge in [0.25, 0.3) is 0 Å². The van der Waals surface area contributed by atoms with Crippen molar-refractivity contribution in [2.24, 2.45) is 0 Å². The van der Waals surface area contributed by atoms with Crippen LogP contribution >= 0.6 is 11.6 Å². The van der Waals surface area contributed by atoms with Crippen molar-refractivity contribution in [3.63, 3.8) is 0 Å². The van der Waals surface area contributed by atoms with E-state index in [0.717, 1.165) is 32.8 Å². The van der Waals surface area contributed by atoms with E-state index >= 15 is 0 Å². The van der Waals surface area contributed by atoms with E-state index in [9.17, 15) is 18.0 Å². The monoisotopic (exact) mass is 677 g/mol. The van der Waals surface area contributed by atoms with Gasteiger partial charge in [-0.05, 0) is 52.9 Å². The molecule has 0 heterocycles. The van der Waals surface area contributed by atoms with Crippen molar-refractivity contribution in [1.82, 2.24) is 14.5 Å². The van der Waals surface area contributed by atoms with E-state index in [4.69, 9.17) is 21.1 Å². The molecule has 0 unspecified atom stereocenters. The van der Waals surface area contributed by atoms with Gasteiger partial charge in [0.05, 0.1) is 27.0 Å². The van der Waals surface area contributed by atoms with Crippen molar-refractivity contribution in [1.29, 1.82) is 0 Å². The van der Waals surface area contributed by atoms with Crippen LogP contribution in [0.25, 0.3) is 0 Å². The molecule has 2 amide bonds. The standard InChI is InChI=1S/C36H40ClN3O6S/c1-45-33-19-16-28(23-34(33)46-2)20-21-38-36(42)32(22-27-10-6-4-7-11-27)40(25-30-14-17-31(37)18-15-30)35(41)26-39(47(3,43)44)24-29-12-8-5-9-13-29/h4-19,23,32H,20-22,24-26H2,1-3H3,(H,38,42)/t32-/m1/s1. The van der Waals surface area contributed by atoms with Gasteiger partial charge in [-0.25, -0.2) is 8.42 Å². The van der Waals surface area contributed by atoms with E-state index in [1.807, 2.05) is 66.7 Å². The molecule has 0 aliphatic carbocycles. The number of hydrogen-bond donors (Lipinski definition) is 1. The maximum atomic E-state index is 14.2. The first-order chi connectivity index (χ1) is 22.6. The van der Waals surface area contributed by atoms with Crippen molar-refractivity contribution < 1.29 is 27.5 Å².